The van der Waals surface area contributed by atoms with E-state index in [2.05, 4.69) is 25.8 Å². The molecule has 1 atom stereocenters. The fourth-order valence-corrected chi connectivity index (χ4v) is 3.49. The third-order valence-corrected chi connectivity index (χ3v) is 4.97. The molecule has 2 aromatic heterocycles. The Balaban J connectivity index is 1.53. The lowest BCUT2D eigenvalue weighted by Gasteiger charge is -2.15. The number of tetrazole rings is 1. The molecule has 0 aliphatic heterocycles. The van der Waals surface area contributed by atoms with Crippen molar-refractivity contribution in [1.82, 2.24) is 25.2 Å². The fraction of sp³-hybridized carbons (Fsp3) is 0.105. The molecule has 0 radical (unpaired) electrons. The van der Waals surface area contributed by atoms with E-state index >= 15 is 0 Å². The number of hydrogen-bond donors (Lipinski definition) is 1. The molecule has 2 aromatic carbocycles. The zero-order valence-corrected chi connectivity index (χ0v) is 15.7. The number of nitrogens with zero attached hydrogens (tertiary/aromatic N) is 5. The maximum Gasteiger partial charge on any atom is 0.251 e. The standard InChI is InChI=1S/C19H14F2N6OS/c20-14-7-6-13(9-15(14)21)16-10-29-19(23-16)24-18(28)17(27-11-22-25-26-27)8-12-4-2-1-3-5-12/h1-7,9-11,17H,8H2,(H,23,24,28)/t17-/m1/s1. The van der Waals surface area contributed by atoms with Gasteiger partial charge in [-0.05, 0) is 34.2 Å². The summed E-state index contributed by atoms with van der Waals surface area (Å²) in [6.45, 7) is 0. The highest BCUT2D eigenvalue weighted by molar-refractivity contribution is 7.14. The van der Waals surface area contributed by atoms with Crippen LogP contribution in [-0.2, 0) is 11.2 Å². The van der Waals surface area contributed by atoms with Crippen LogP contribution in [0.4, 0.5) is 13.9 Å². The Labute approximate surface area is 168 Å². The van der Waals surface area contributed by atoms with Crippen LogP contribution in [0.1, 0.15) is 11.6 Å². The van der Waals surface area contributed by atoms with Crippen LogP contribution in [0, 0.1) is 11.6 Å². The minimum absolute atomic E-state index is 0.334. The minimum atomic E-state index is -0.956. The van der Waals surface area contributed by atoms with Crippen LogP contribution in [0.2, 0.25) is 0 Å². The topological polar surface area (TPSA) is 85.6 Å². The third kappa shape index (κ3) is 4.32. The largest absolute Gasteiger partial charge is 0.300 e. The molecule has 10 heteroatoms. The number of carbonyl (C=O) groups is 1. The lowest BCUT2D eigenvalue weighted by atomic mass is 10.1. The quantitative estimate of drug-likeness (QED) is 0.524. The summed E-state index contributed by atoms with van der Waals surface area (Å²) in [6, 6.07) is 12.3. The summed E-state index contributed by atoms with van der Waals surface area (Å²) in [5.74, 6) is -2.22. The summed E-state index contributed by atoms with van der Waals surface area (Å²) < 4.78 is 28.0. The summed E-state index contributed by atoms with van der Waals surface area (Å²) in [5, 5.41) is 15.8. The monoisotopic (exact) mass is 412 g/mol. The van der Waals surface area contributed by atoms with Crippen molar-refractivity contribution in [1.29, 1.82) is 0 Å². The van der Waals surface area contributed by atoms with Crippen molar-refractivity contribution in [2.75, 3.05) is 5.32 Å². The number of hydrogen-bond acceptors (Lipinski definition) is 6. The van der Waals surface area contributed by atoms with Gasteiger partial charge in [0.2, 0.25) is 0 Å². The van der Waals surface area contributed by atoms with E-state index in [1.54, 1.807) is 5.38 Å². The Bertz CT molecular complexity index is 1120. The molecular weight excluding hydrogens is 398 g/mol. The molecule has 0 spiro atoms. The second-order valence-electron chi connectivity index (χ2n) is 6.15. The minimum Gasteiger partial charge on any atom is -0.300 e. The van der Waals surface area contributed by atoms with Crippen LogP contribution in [-0.4, -0.2) is 31.1 Å². The molecule has 0 aliphatic rings. The van der Waals surface area contributed by atoms with Gasteiger partial charge in [0.05, 0.1) is 5.69 Å². The van der Waals surface area contributed by atoms with E-state index < -0.39 is 17.7 Å². The molecule has 0 aliphatic carbocycles. The first-order valence-electron chi connectivity index (χ1n) is 8.58. The van der Waals surface area contributed by atoms with Gasteiger partial charge in [0.1, 0.15) is 12.4 Å². The molecular formula is C19H14F2N6OS. The van der Waals surface area contributed by atoms with Gasteiger partial charge in [-0.15, -0.1) is 16.4 Å². The van der Waals surface area contributed by atoms with Crippen LogP contribution in [0.3, 0.4) is 0 Å². The van der Waals surface area contributed by atoms with Crippen molar-refractivity contribution in [2.45, 2.75) is 12.5 Å². The van der Waals surface area contributed by atoms with Crippen molar-refractivity contribution >= 4 is 22.4 Å². The van der Waals surface area contributed by atoms with Gasteiger partial charge in [-0.3, -0.25) is 4.79 Å². The van der Waals surface area contributed by atoms with Gasteiger partial charge in [-0.2, -0.15) is 0 Å². The lowest BCUT2D eigenvalue weighted by molar-refractivity contribution is -0.119. The summed E-state index contributed by atoms with van der Waals surface area (Å²) in [4.78, 5) is 17.2. The molecule has 1 N–H and O–H groups in total. The molecule has 29 heavy (non-hydrogen) atoms. The summed E-state index contributed by atoms with van der Waals surface area (Å²) in [5.41, 5.74) is 1.80. The molecule has 7 nitrogen and oxygen atoms in total. The molecule has 2 heterocycles. The van der Waals surface area contributed by atoms with E-state index in [1.807, 2.05) is 30.3 Å². The Hall–Kier alpha value is -3.53. The van der Waals surface area contributed by atoms with Crippen molar-refractivity contribution in [2.24, 2.45) is 0 Å². The molecule has 1 amide bonds. The van der Waals surface area contributed by atoms with Gasteiger partial charge in [0.25, 0.3) is 5.91 Å². The van der Waals surface area contributed by atoms with Gasteiger partial charge in [0, 0.05) is 17.4 Å². The van der Waals surface area contributed by atoms with Crippen molar-refractivity contribution in [3.63, 3.8) is 0 Å². The second kappa shape index (κ2) is 8.23. The van der Waals surface area contributed by atoms with Gasteiger partial charge in [-0.25, -0.2) is 18.4 Å². The first kappa shape index (κ1) is 18.8. The first-order chi connectivity index (χ1) is 14.1. The number of benzene rings is 2. The first-order valence-corrected chi connectivity index (χ1v) is 9.46. The molecule has 4 aromatic rings. The maximum atomic E-state index is 13.5. The highest BCUT2D eigenvalue weighted by Gasteiger charge is 2.23. The average Bonchev–Trinajstić information content (AvgIpc) is 3.41. The highest BCUT2D eigenvalue weighted by atomic mass is 32.1. The molecule has 0 bridgehead atoms. The number of carbonyl (C=O) groups excluding carboxylic acids is 1. The van der Waals surface area contributed by atoms with E-state index in [0.29, 0.717) is 22.8 Å². The zero-order chi connectivity index (χ0) is 20.2. The number of anilines is 1. The predicted octanol–water partition coefficient (Wildman–Crippen LogP) is 3.50. The summed E-state index contributed by atoms with van der Waals surface area (Å²) >= 11 is 1.18. The molecule has 0 fully saturated rings. The number of rotatable bonds is 6. The Morgan fingerprint density at radius 3 is 2.69 bits per heavy atom. The Kier molecular flexibility index (Phi) is 5.34. The maximum absolute atomic E-state index is 13.5. The normalized spacial score (nSPS) is 11.9. The number of halogens is 2. The third-order valence-electron chi connectivity index (χ3n) is 4.21. The van der Waals surface area contributed by atoms with Crippen molar-refractivity contribution in [3.05, 3.63) is 77.4 Å². The Morgan fingerprint density at radius 2 is 1.97 bits per heavy atom. The van der Waals surface area contributed by atoms with E-state index in [9.17, 15) is 13.6 Å². The summed E-state index contributed by atoms with van der Waals surface area (Å²) in [6.07, 6.45) is 1.76. The number of amides is 1. The molecule has 146 valence electrons. The van der Waals surface area contributed by atoms with E-state index in [1.165, 1.54) is 28.4 Å². The van der Waals surface area contributed by atoms with Gasteiger partial charge in [0.15, 0.2) is 16.8 Å². The predicted molar refractivity (Wildman–Crippen MR) is 103 cm³/mol. The van der Waals surface area contributed by atoms with Crippen LogP contribution in [0.25, 0.3) is 11.3 Å². The molecule has 0 saturated carbocycles. The summed E-state index contributed by atoms with van der Waals surface area (Å²) in [7, 11) is 0. The Morgan fingerprint density at radius 1 is 1.14 bits per heavy atom. The zero-order valence-electron chi connectivity index (χ0n) is 14.9. The number of aromatic nitrogens is 5. The molecule has 4 rings (SSSR count). The SMILES string of the molecule is O=C(Nc1nc(-c2ccc(F)c(F)c2)cs1)[C@@H](Cc1ccccc1)n1cnnn1. The smallest absolute Gasteiger partial charge is 0.251 e. The molecule has 0 saturated heterocycles. The van der Waals surface area contributed by atoms with Crippen LogP contribution < -0.4 is 5.32 Å². The van der Waals surface area contributed by atoms with Gasteiger partial charge in [-0.1, -0.05) is 30.3 Å². The number of nitrogens with one attached hydrogen (secondary N) is 1. The van der Waals surface area contributed by atoms with Crippen molar-refractivity contribution < 1.29 is 13.6 Å². The fourth-order valence-electron chi connectivity index (χ4n) is 2.76. The van der Waals surface area contributed by atoms with Crippen LogP contribution >= 0.6 is 11.3 Å². The van der Waals surface area contributed by atoms with E-state index in [4.69, 9.17) is 0 Å². The van der Waals surface area contributed by atoms with Gasteiger partial charge < -0.3 is 5.32 Å². The highest BCUT2D eigenvalue weighted by Crippen LogP contribution is 2.27. The lowest BCUT2D eigenvalue weighted by Crippen LogP contribution is -2.28. The van der Waals surface area contributed by atoms with E-state index in [-0.39, 0.29) is 5.91 Å². The second-order valence-corrected chi connectivity index (χ2v) is 7.01. The van der Waals surface area contributed by atoms with Crippen molar-refractivity contribution in [3.8, 4) is 11.3 Å². The van der Waals surface area contributed by atoms with Crippen LogP contribution in [0.15, 0.2) is 60.2 Å². The van der Waals surface area contributed by atoms with Crippen LogP contribution in [0.5, 0.6) is 0 Å². The van der Waals surface area contributed by atoms with Gasteiger partial charge >= 0.3 is 0 Å². The molecule has 0 unspecified atom stereocenters. The number of thiazole rings is 1. The average molecular weight is 412 g/mol. The van der Waals surface area contributed by atoms with E-state index in [0.717, 1.165) is 17.7 Å².